The maximum absolute atomic E-state index is 12.3. The lowest BCUT2D eigenvalue weighted by Crippen LogP contribution is -2.23. The highest BCUT2D eigenvalue weighted by molar-refractivity contribution is 5.94. The third-order valence-corrected chi connectivity index (χ3v) is 3.85. The molecule has 0 bridgehead atoms. The molecule has 1 N–H and O–H groups in total. The molecule has 0 saturated heterocycles. The molecule has 25 heavy (non-hydrogen) atoms. The summed E-state index contributed by atoms with van der Waals surface area (Å²) in [7, 11) is 1.62. The van der Waals surface area contributed by atoms with Crippen LogP contribution >= 0.6 is 0 Å². The number of ether oxygens (including phenoxy) is 1. The average molecular weight is 336 g/mol. The van der Waals surface area contributed by atoms with Crippen molar-refractivity contribution in [2.45, 2.75) is 20.4 Å². The van der Waals surface area contributed by atoms with E-state index in [9.17, 15) is 4.79 Å². The Morgan fingerprint density at radius 1 is 1.08 bits per heavy atom. The lowest BCUT2D eigenvalue weighted by atomic mass is 10.1. The molecule has 5 nitrogen and oxygen atoms in total. The van der Waals surface area contributed by atoms with Crippen LogP contribution in [0, 0.1) is 13.8 Å². The van der Waals surface area contributed by atoms with Gasteiger partial charge in [0.1, 0.15) is 11.4 Å². The molecule has 128 valence electrons. The Morgan fingerprint density at radius 3 is 2.40 bits per heavy atom. The van der Waals surface area contributed by atoms with Crippen molar-refractivity contribution in [1.29, 1.82) is 0 Å². The summed E-state index contributed by atoms with van der Waals surface area (Å²) in [6.45, 7) is 4.26. The minimum atomic E-state index is -0.124. The first-order chi connectivity index (χ1) is 12.0. The summed E-state index contributed by atoms with van der Waals surface area (Å²) in [5.41, 5.74) is 4.35. The van der Waals surface area contributed by atoms with Gasteiger partial charge in [-0.15, -0.1) is 0 Å². The van der Waals surface area contributed by atoms with Crippen LogP contribution in [0.2, 0.25) is 0 Å². The average Bonchev–Trinajstić information content (AvgIpc) is 3.08. The van der Waals surface area contributed by atoms with E-state index in [-0.39, 0.29) is 5.91 Å². The molecule has 0 unspecified atom stereocenters. The summed E-state index contributed by atoms with van der Waals surface area (Å²) in [5.74, 6) is 1.31. The number of benzene rings is 2. The SMILES string of the molecule is COc1ccc(-c2cc(CNC(=O)c3cc(C)cc(C)c3)no2)cc1. The molecular formula is C20H20N2O3. The monoisotopic (exact) mass is 336 g/mol. The van der Waals surface area contributed by atoms with E-state index in [1.165, 1.54) is 0 Å². The second-order valence-corrected chi connectivity index (χ2v) is 5.97. The number of nitrogens with zero attached hydrogens (tertiary/aromatic N) is 1. The molecule has 0 aliphatic carbocycles. The first-order valence-electron chi connectivity index (χ1n) is 8.01. The van der Waals surface area contributed by atoms with E-state index < -0.39 is 0 Å². The Kier molecular flexibility index (Phi) is 4.84. The van der Waals surface area contributed by atoms with Crippen molar-refractivity contribution in [3.05, 3.63) is 70.9 Å². The van der Waals surface area contributed by atoms with Crippen LogP contribution in [0.4, 0.5) is 0 Å². The summed E-state index contributed by atoms with van der Waals surface area (Å²) in [6.07, 6.45) is 0. The fourth-order valence-corrected chi connectivity index (χ4v) is 2.67. The Morgan fingerprint density at radius 2 is 1.76 bits per heavy atom. The molecule has 1 heterocycles. The summed E-state index contributed by atoms with van der Waals surface area (Å²) in [5, 5.41) is 6.89. The zero-order chi connectivity index (χ0) is 17.8. The minimum absolute atomic E-state index is 0.124. The van der Waals surface area contributed by atoms with E-state index in [1.54, 1.807) is 7.11 Å². The number of carbonyl (C=O) groups is 1. The zero-order valence-corrected chi connectivity index (χ0v) is 14.5. The lowest BCUT2D eigenvalue weighted by molar-refractivity contribution is 0.0950. The van der Waals surface area contributed by atoms with Crippen molar-refractivity contribution in [3.63, 3.8) is 0 Å². The van der Waals surface area contributed by atoms with E-state index in [0.717, 1.165) is 22.4 Å². The molecule has 1 amide bonds. The van der Waals surface area contributed by atoms with E-state index in [4.69, 9.17) is 9.26 Å². The van der Waals surface area contributed by atoms with Crippen molar-refractivity contribution in [2.24, 2.45) is 0 Å². The quantitative estimate of drug-likeness (QED) is 0.767. The number of amides is 1. The highest BCUT2D eigenvalue weighted by Gasteiger charge is 2.10. The van der Waals surface area contributed by atoms with Crippen molar-refractivity contribution >= 4 is 5.91 Å². The molecule has 3 rings (SSSR count). The van der Waals surface area contributed by atoms with Gasteiger partial charge in [-0.05, 0) is 50.2 Å². The summed E-state index contributed by atoms with van der Waals surface area (Å²) in [4.78, 5) is 12.3. The fraction of sp³-hybridized carbons (Fsp3) is 0.200. The Labute approximate surface area is 146 Å². The number of rotatable bonds is 5. The van der Waals surface area contributed by atoms with Gasteiger partial charge in [-0.25, -0.2) is 0 Å². The lowest BCUT2D eigenvalue weighted by Gasteiger charge is -2.05. The molecule has 0 radical (unpaired) electrons. The minimum Gasteiger partial charge on any atom is -0.497 e. The number of carbonyl (C=O) groups excluding carboxylic acids is 1. The summed E-state index contributed by atoms with van der Waals surface area (Å²) >= 11 is 0. The number of methoxy groups -OCH3 is 1. The van der Waals surface area contributed by atoms with Crippen LogP contribution in [0.25, 0.3) is 11.3 Å². The van der Waals surface area contributed by atoms with Crippen LogP contribution in [-0.2, 0) is 6.54 Å². The molecule has 0 aliphatic heterocycles. The zero-order valence-electron chi connectivity index (χ0n) is 14.5. The second-order valence-electron chi connectivity index (χ2n) is 5.97. The van der Waals surface area contributed by atoms with Gasteiger partial charge < -0.3 is 14.6 Å². The van der Waals surface area contributed by atoms with Crippen molar-refractivity contribution < 1.29 is 14.1 Å². The van der Waals surface area contributed by atoms with Gasteiger partial charge in [0.05, 0.1) is 13.7 Å². The third kappa shape index (κ3) is 4.07. The molecule has 5 heteroatoms. The fourth-order valence-electron chi connectivity index (χ4n) is 2.67. The Hall–Kier alpha value is -3.08. The van der Waals surface area contributed by atoms with Crippen LogP contribution < -0.4 is 10.1 Å². The highest BCUT2D eigenvalue weighted by Crippen LogP contribution is 2.23. The van der Waals surface area contributed by atoms with E-state index >= 15 is 0 Å². The highest BCUT2D eigenvalue weighted by atomic mass is 16.5. The smallest absolute Gasteiger partial charge is 0.251 e. The van der Waals surface area contributed by atoms with Gasteiger partial charge in [0, 0.05) is 17.2 Å². The van der Waals surface area contributed by atoms with Crippen LogP contribution in [0.1, 0.15) is 27.2 Å². The predicted octanol–water partition coefficient (Wildman–Crippen LogP) is 3.90. The van der Waals surface area contributed by atoms with Crippen LogP contribution in [0.3, 0.4) is 0 Å². The van der Waals surface area contributed by atoms with Crippen molar-refractivity contribution in [2.75, 3.05) is 7.11 Å². The predicted molar refractivity (Wildman–Crippen MR) is 95.6 cm³/mol. The standard InChI is InChI=1S/C20H20N2O3/c1-13-8-14(2)10-16(9-13)20(23)21-12-17-11-19(25-22-17)15-4-6-18(24-3)7-5-15/h4-11H,12H2,1-3H3,(H,21,23). The molecule has 0 atom stereocenters. The molecule has 0 spiro atoms. The van der Waals surface area contributed by atoms with E-state index in [2.05, 4.69) is 10.5 Å². The molecule has 0 saturated carbocycles. The summed E-state index contributed by atoms with van der Waals surface area (Å²) in [6, 6.07) is 15.1. The first kappa shape index (κ1) is 16.8. The largest absolute Gasteiger partial charge is 0.497 e. The second kappa shape index (κ2) is 7.21. The van der Waals surface area contributed by atoms with Crippen LogP contribution in [-0.4, -0.2) is 18.2 Å². The van der Waals surface area contributed by atoms with Gasteiger partial charge in [-0.3, -0.25) is 4.79 Å². The van der Waals surface area contributed by atoms with Crippen LogP contribution in [0.5, 0.6) is 5.75 Å². The third-order valence-electron chi connectivity index (χ3n) is 3.85. The van der Waals surface area contributed by atoms with E-state index in [0.29, 0.717) is 23.6 Å². The maximum Gasteiger partial charge on any atom is 0.251 e. The van der Waals surface area contributed by atoms with Gasteiger partial charge in [0.2, 0.25) is 0 Å². The molecule has 2 aromatic carbocycles. The van der Waals surface area contributed by atoms with Crippen molar-refractivity contribution in [1.82, 2.24) is 10.5 Å². The Bertz CT molecular complexity index is 862. The van der Waals surface area contributed by atoms with Gasteiger partial charge in [-0.2, -0.15) is 0 Å². The number of hydrogen-bond acceptors (Lipinski definition) is 4. The summed E-state index contributed by atoms with van der Waals surface area (Å²) < 4.78 is 10.5. The maximum atomic E-state index is 12.3. The molecule has 3 aromatic rings. The van der Waals surface area contributed by atoms with Crippen molar-refractivity contribution in [3.8, 4) is 17.1 Å². The first-order valence-corrected chi connectivity index (χ1v) is 8.01. The van der Waals surface area contributed by atoms with Gasteiger partial charge in [0.15, 0.2) is 5.76 Å². The molecular weight excluding hydrogens is 316 g/mol. The number of nitrogens with one attached hydrogen (secondary N) is 1. The van der Waals surface area contributed by atoms with Gasteiger partial charge in [-0.1, -0.05) is 22.3 Å². The van der Waals surface area contributed by atoms with E-state index in [1.807, 2.05) is 62.4 Å². The number of hydrogen-bond donors (Lipinski definition) is 1. The van der Waals surface area contributed by atoms with Gasteiger partial charge in [0.25, 0.3) is 5.91 Å². The van der Waals surface area contributed by atoms with Crippen LogP contribution in [0.15, 0.2) is 53.1 Å². The molecule has 0 aliphatic rings. The Balaban J connectivity index is 1.65. The van der Waals surface area contributed by atoms with Gasteiger partial charge >= 0.3 is 0 Å². The topological polar surface area (TPSA) is 64.4 Å². The number of aryl methyl sites for hydroxylation is 2. The normalized spacial score (nSPS) is 10.5. The molecule has 1 aromatic heterocycles. The number of aromatic nitrogens is 1. The molecule has 0 fully saturated rings.